The smallest absolute Gasteiger partial charge is 0.341 e. The number of halogens is 1. The van der Waals surface area contributed by atoms with Crippen LogP contribution in [0.3, 0.4) is 0 Å². The van der Waals surface area contributed by atoms with Crippen molar-refractivity contribution >= 4 is 38.6 Å². The Balaban J connectivity index is 2.57. The van der Waals surface area contributed by atoms with Crippen molar-refractivity contribution in [1.82, 2.24) is 4.98 Å². The summed E-state index contributed by atoms with van der Waals surface area (Å²) in [4.78, 5) is 15.8. The van der Waals surface area contributed by atoms with Gasteiger partial charge in [-0.1, -0.05) is 15.9 Å². The molecular formula is C12H11BrN2O2. The second kappa shape index (κ2) is 4.71. The van der Waals surface area contributed by atoms with Crippen molar-refractivity contribution in [2.75, 3.05) is 12.3 Å². The number of nitrogens with zero attached hydrogens (tertiary/aromatic N) is 1. The van der Waals surface area contributed by atoms with E-state index in [-0.39, 0.29) is 5.82 Å². The molecule has 1 heterocycles. The van der Waals surface area contributed by atoms with Crippen LogP contribution in [0.25, 0.3) is 10.9 Å². The Morgan fingerprint density at radius 3 is 2.94 bits per heavy atom. The number of carbonyl (C=O) groups excluding carboxylic acids is 1. The maximum absolute atomic E-state index is 11.6. The molecule has 0 radical (unpaired) electrons. The van der Waals surface area contributed by atoms with Crippen LogP contribution in [-0.2, 0) is 4.74 Å². The first-order valence-corrected chi connectivity index (χ1v) is 5.94. The minimum absolute atomic E-state index is 0.193. The van der Waals surface area contributed by atoms with Gasteiger partial charge in [-0.25, -0.2) is 9.78 Å². The molecule has 17 heavy (non-hydrogen) atoms. The molecule has 0 aliphatic heterocycles. The molecule has 0 unspecified atom stereocenters. The summed E-state index contributed by atoms with van der Waals surface area (Å²) in [6, 6.07) is 7.29. The zero-order valence-electron chi connectivity index (χ0n) is 9.24. The summed E-state index contributed by atoms with van der Waals surface area (Å²) in [7, 11) is 0. The lowest BCUT2D eigenvalue weighted by Crippen LogP contribution is -2.09. The van der Waals surface area contributed by atoms with Gasteiger partial charge in [0.25, 0.3) is 0 Å². The zero-order valence-corrected chi connectivity index (χ0v) is 10.8. The normalized spacial score (nSPS) is 10.5. The quantitative estimate of drug-likeness (QED) is 0.865. The zero-order chi connectivity index (χ0) is 12.4. The SMILES string of the molecule is CCOC(=O)c1cc2cc(Br)ccc2nc1N. The molecule has 2 aromatic rings. The Labute approximate surface area is 107 Å². The molecule has 4 nitrogen and oxygen atoms in total. The first-order chi connectivity index (χ1) is 8.11. The van der Waals surface area contributed by atoms with Crippen LogP contribution in [-0.4, -0.2) is 17.6 Å². The van der Waals surface area contributed by atoms with E-state index >= 15 is 0 Å². The highest BCUT2D eigenvalue weighted by atomic mass is 79.9. The van der Waals surface area contributed by atoms with Crippen molar-refractivity contribution in [1.29, 1.82) is 0 Å². The van der Waals surface area contributed by atoms with Crippen molar-refractivity contribution in [3.63, 3.8) is 0 Å². The molecule has 2 rings (SSSR count). The Bertz CT molecular complexity index is 584. The van der Waals surface area contributed by atoms with Gasteiger partial charge in [0.2, 0.25) is 0 Å². The number of hydrogen-bond donors (Lipinski definition) is 1. The Morgan fingerprint density at radius 1 is 1.47 bits per heavy atom. The van der Waals surface area contributed by atoms with Gasteiger partial charge in [0, 0.05) is 9.86 Å². The number of rotatable bonds is 2. The molecule has 1 aromatic heterocycles. The molecule has 2 N–H and O–H groups in total. The lowest BCUT2D eigenvalue weighted by atomic mass is 10.1. The number of pyridine rings is 1. The summed E-state index contributed by atoms with van der Waals surface area (Å²) in [5.74, 6) is -0.252. The van der Waals surface area contributed by atoms with Crippen LogP contribution in [0, 0.1) is 0 Å². The van der Waals surface area contributed by atoms with E-state index < -0.39 is 5.97 Å². The third-order valence-electron chi connectivity index (χ3n) is 2.30. The van der Waals surface area contributed by atoms with E-state index in [0.717, 1.165) is 15.4 Å². The first-order valence-electron chi connectivity index (χ1n) is 5.14. The molecule has 0 aliphatic rings. The third kappa shape index (κ3) is 2.39. The highest BCUT2D eigenvalue weighted by Gasteiger charge is 2.13. The molecule has 5 heteroatoms. The van der Waals surface area contributed by atoms with E-state index in [1.165, 1.54) is 0 Å². The Hall–Kier alpha value is -1.62. The van der Waals surface area contributed by atoms with Gasteiger partial charge in [-0.2, -0.15) is 0 Å². The summed E-state index contributed by atoms with van der Waals surface area (Å²) in [6.07, 6.45) is 0. The van der Waals surface area contributed by atoms with Gasteiger partial charge in [-0.15, -0.1) is 0 Å². The van der Waals surface area contributed by atoms with E-state index in [2.05, 4.69) is 20.9 Å². The molecule has 1 aromatic carbocycles. The number of ether oxygens (including phenoxy) is 1. The standard InChI is InChI=1S/C12H11BrN2O2/c1-2-17-12(16)9-6-7-5-8(13)3-4-10(7)15-11(9)14/h3-6H,2H2,1H3,(H2,14,15). The summed E-state index contributed by atoms with van der Waals surface area (Å²) in [5, 5.41) is 0.844. The highest BCUT2D eigenvalue weighted by Crippen LogP contribution is 2.22. The van der Waals surface area contributed by atoms with Gasteiger partial charge in [-0.05, 0) is 31.2 Å². The fourth-order valence-corrected chi connectivity index (χ4v) is 1.91. The van der Waals surface area contributed by atoms with E-state index in [1.807, 2.05) is 18.2 Å². The predicted molar refractivity (Wildman–Crippen MR) is 69.8 cm³/mol. The molecule has 0 amide bonds. The monoisotopic (exact) mass is 294 g/mol. The number of hydrogen-bond acceptors (Lipinski definition) is 4. The van der Waals surface area contributed by atoms with Crippen molar-refractivity contribution in [2.45, 2.75) is 6.92 Å². The maximum atomic E-state index is 11.6. The number of fused-ring (bicyclic) bond motifs is 1. The van der Waals surface area contributed by atoms with Crippen LogP contribution >= 0.6 is 15.9 Å². The number of aromatic nitrogens is 1. The van der Waals surface area contributed by atoms with E-state index in [1.54, 1.807) is 13.0 Å². The second-order valence-corrected chi connectivity index (χ2v) is 4.39. The molecule has 0 bridgehead atoms. The largest absolute Gasteiger partial charge is 0.462 e. The van der Waals surface area contributed by atoms with Gasteiger partial charge in [-0.3, -0.25) is 0 Å². The molecule has 0 saturated heterocycles. The van der Waals surface area contributed by atoms with Gasteiger partial charge in [0.05, 0.1) is 12.1 Å². The second-order valence-electron chi connectivity index (χ2n) is 3.48. The Kier molecular flexibility index (Phi) is 3.28. The molecule has 0 fully saturated rings. The van der Waals surface area contributed by atoms with Crippen LogP contribution in [0.4, 0.5) is 5.82 Å². The fraction of sp³-hybridized carbons (Fsp3) is 0.167. The average molecular weight is 295 g/mol. The highest BCUT2D eigenvalue weighted by molar-refractivity contribution is 9.10. The topological polar surface area (TPSA) is 65.2 Å². The van der Waals surface area contributed by atoms with Crippen molar-refractivity contribution in [2.24, 2.45) is 0 Å². The number of benzene rings is 1. The van der Waals surface area contributed by atoms with E-state index in [0.29, 0.717) is 12.2 Å². The van der Waals surface area contributed by atoms with E-state index in [9.17, 15) is 4.79 Å². The van der Waals surface area contributed by atoms with Crippen LogP contribution < -0.4 is 5.73 Å². The fourth-order valence-electron chi connectivity index (χ4n) is 1.53. The van der Waals surface area contributed by atoms with Crippen molar-refractivity contribution in [3.8, 4) is 0 Å². The van der Waals surface area contributed by atoms with Gasteiger partial charge in [0.1, 0.15) is 11.4 Å². The molecular weight excluding hydrogens is 284 g/mol. The predicted octanol–water partition coefficient (Wildman–Crippen LogP) is 2.76. The number of nitrogen functional groups attached to an aromatic ring is 1. The summed E-state index contributed by atoms with van der Waals surface area (Å²) in [5.41, 5.74) is 6.78. The van der Waals surface area contributed by atoms with Gasteiger partial charge < -0.3 is 10.5 Å². The van der Waals surface area contributed by atoms with Gasteiger partial charge >= 0.3 is 5.97 Å². The Morgan fingerprint density at radius 2 is 2.24 bits per heavy atom. The minimum Gasteiger partial charge on any atom is -0.462 e. The summed E-state index contributed by atoms with van der Waals surface area (Å²) in [6.45, 7) is 2.06. The number of esters is 1. The number of carbonyl (C=O) groups is 1. The van der Waals surface area contributed by atoms with Crippen LogP contribution in [0.1, 0.15) is 17.3 Å². The molecule has 0 saturated carbocycles. The number of anilines is 1. The van der Waals surface area contributed by atoms with Crippen LogP contribution in [0.2, 0.25) is 0 Å². The molecule has 0 spiro atoms. The first kappa shape index (κ1) is 11.9. The molecule has 0 aliphatic carbocycles. The lowest BCUT2D eigenvalue weighted by molar-refractivity contribution is 0.0527. The maximum Gasteiger partial charge on any atom is 0.341 e. The number of nitrogens with two attached hydrogens (primary N) is 1. The average Bonchev–Trinajstić information content (AvgIpc) is 2.29. The molecule has 88 valence electrons. The summed E-state index contributed by atoms with van der Waals surface area (Å²) < 4.78 is 5.84. The van der Waals surface area contributed by atoms with Crippen LogP contribution in [0.5, 0.6) is 0 Å². The lowest BCUT2D eigenvalue weighted by Gasteiger charge is -2.06. The van der Waals surface area contributed by atoms with Crippen molar-refractivity contribution in [3.05, 3.63) is 34.3 Å². The summed E-state index contributed by atoms with van der Waals surface area (Å²) >= 11 is 3.37. The molecule has 0 atom stereocenters. The van der Waals surface area contributed by atoms with E-state index in [4.69, 9.17) is 10.5 Å². The minimum atomic E-state index is -0.445. The van der Waals surface area contributed by atoms with Crippen molar-refractivity contribution < 1.29 is 9.53 Å². The third-order valence-corrected chi connectivity index (χ3v) is 2.79. The van der Waals surface area contributed by atoms with Crippen LogP contribution in [0.15, 0.2) is 28.7 Å². The van der Waals surface area contributed by atoms with Gasteiger partial charge in [0.15, 0.2) is 0 Å².